The fraction of sp³-hybridized carbons (Fsp3) is 0.812. The van der Waals surface area contributed by atoms with E-state index >= 15 is 0 Å². The van der Waals surface area contributed by atoms with Gasteiger partial charge in [-0.2, -0.15) is 0 Å². The summed E-state index contributed by atoms with van der Waals surface area (Å²) in [6, 6.07) is 0. The van der Waals surface area contributed by atoms with Crippen molar-refractivity contribution in [3.05, 3.63) is 16.1 Å². The van der Waals surface area contributed by atoms with Gasteiger partial charge in [0.2, 0.25) is 0 Å². The lowest BCUT2D eigenvalue weighted by atomic mass is 9.78. The van der Waals surface area contributed by atoms with Gasteiger partial charge < -0.3 is 5.32 Å². The van der Waals surface area contributed by atoms with E-state index in [1.807, 2.05) is 11.3 Å². The zero-order valence-corrected chi connectivity index (χ0v) is 13.1. The van der Waals surface area contributed by atoms with E-state index < -0.39 is 0 Å². The van der Waals surface area contributed by atoms with Crippen molar-refractivity contribution in [2.75, 3.05) is 26.2 Å². The van der Waals surface area contributed by atoms with Crippen LogP contribution in [-0.2, 0) is 6.54 Å². The number of nitrogens with zero attached hydrogens (tertiary/aromatic N) is 2. The van der Waals surface area contributed by atoms with Gasteiger partial charge in [-0.1, -0.05) is 6.42 Å². The molecule has 1 spiro atoms. The van der Waals surface area contributed by atoms with Crippen molar-refractivity contribution in [2.45, 2.75) is 51.0 Å². The number of hydrogen-bond acceptors (Lipinski definition) is 4. The molecule has 1 aliphatic carbocycles. The highest BCUT2D eigenvalue weighted by Gasteiger charge is 2.38. The van der Waals surface area contributed by atoms with Crippen LogP contribution in [0.2, 0.25) is 0 Å². The predicted octanol–water partition coefficient (Wildman–Crippen LogP) is 2.99. The molecule has 1 aromatic heterocycles. The fourth-order valence-corrected chi connectivity index (χ4v) is 5.12. The lowest BCUT2D eigenvalue weighted by Crippen LogP contribution is -2.38. The molecular formula is C16H25N3S. The van der Waals surface area contributed by atoms with E-state index in [9.17, 15) is 0 Å². The van der Waals surface area contributed by atoms with Gasteiger partial charge in [0.05, 0.1) is 5.01 Å². The summed E-state index contributed by atoms with van der Waals surface area (Å²) in [5, 5.41) is 4.91. The summed E-state index contributed by atoms with van der Waals surface area (Å²) in [6.45, 7) is 6.18. The number of nitrogens with one attached hydrogen (secondary N) is 1. The van der Waals surface area contributed by atoms with Crippen LogP contribution in [-0.4, -0.2) is 36.1 Å². The molecule has 110 valence electrons. The number of piperidine rings is 1. The summed E-state index contributed by atoms with van der Waals surface area (Å²) >= 11 is 1.97. The van der Waals surface area contributed by atoms with Gasteiger partial charge in [0.15, 0.2) is 0 Å². The largest absolute Gasteiger partial charge is 0.317 e. The van der Waals surface area contributed by atoms with Gasteiger partial charge in [-0.05, 0) is 57.2 Å². The van der Waals surface area contributed by atoms with E-state index in [1.165, 1.54) is 74.6 Å². The molecular weight excluding hydrogens is 266 g/mol. The molecule has 3 nitrogen and oxygen atoms in total. The maximum Gasteiger partial charge on any atom is 0.0959 e. The van der Waals surface area contributed by atoms with Gasteiger partial charge in [0.1, 0.15) is 0 Å². The average Bonchev–Trinajstić information content (AvgIpc) is 2.98. The lowest BCUT2D eigenvalue weighted by Gasteiger charge is -2.33. The molecule has 3 heterocycles. The number of aromatic nitrogens is 1. The first-order valence-electron chi connectivity index (χ1n) is 8.21. The topological polar surface area (TPSA) is 28.2 Å². The Balaban J connectivity index is 1.36. The third-order valence-corrected chi connectivity index (χ3v) is 6.73. The molecule has 1 saturated carbocycles. The van der Waals surface area contributed by atoms with Crippen LogP contribution in [0.15, 0.2) is 6.20 Å². The van der Waals surface area contributed by atoms with Crippen LogP contribution < -0.4 is 5.32 Å². The number of rotatable bonds is 3. The average molecular weight is 291 g/mol. The molecule has 1 aromatic rings. The summed E-state index contributed by atoms with van der Waals surface area (Å²) in [5.74, 6) is 0.795. The van der Waals surface area contributed by atoms with E-state index in [4.69, 9.17) is 0 Å². The van der Waals surface area contributed by atoms with Crippen molar-refractivity contribution in [1.29, 1.82) is 0 Å². The molecule has 0 radical (unpaired) electrons. The molecule has 20 heavy (non-hydrogen) atoms. The van der Waals surface area contributed by atoms with Crippen molar-refractivity contribution in [2.24, 2.45) is 5.41 Å². The molecule has 0 bridgehead atoms. The SMILES string of the molecule is c1nc(C2CCC2)sc1CN1CCC2(CCNCC2)C1. The zero-order valence-electron chi connectivity index (χ0n) is 12.2. The summed E-state index contributed by atoms with van der Waals surface area (Å²) in [6.07, 6.45) is 10.4. The highest BCUT2D eigenvalue weighted by molar-refractivity contribution is 7.11. The summed E-state index contributed by atoms with van der Waals surface area (Å²) in [4.78, 5) is 8.82. The van der Waals surface area contributed by atoms with E-state index in [0.29, 0.717) is 5.41 Å². The highest BCUT2D eigenvalue weighted by atomic mass is 32.1. The first kappa shape index (κ1) is 13.2. The third-order valence-electron chi connectivity index (χ3n) is 5.59. The molecule has 0 amide bonds. The highest BCUT2D eigenvalue weighted by Crippen LogP contribution is 2.41. The van der Waals surface area contributed by atoms with Crippen molar-refractivity contribution >= 4 is 11.3 Å². The summed E-state index contributed by atoms with van der Waals surface area (Å²) in [7, 11) is 0. The Labute approximate surface area is 125 Å². The lowest BCUT2D eigenvalue weighted by molar-refractivity contribution is 0.194. The Morgan fingerprint density at radius 1 is 1.30 bits per heavy atom. The van der Waals surface area contributed by atoms with Gasteiger partial charge >= 0.3 is 0 Å². The predicted molar refractivity (Wildman–Crippen MR) is 83.1 cm³/mol. The Bertz CT molecular complexity index is 460. The maximum absolute atomic E-state index is 4.67. The Morgan fingerprint density at radius 2 is 2.15 bits per heavy atom. The van der Waals surface area contributed by atoms with Crippen LogP contribution in [0.5, 0.6) is 0 Å². The van der Waals surface area contributed by atoms with Crippen LogP contribution in [0.3, 0.4) is 0 Å². The van der Waals surface area contributed by atoms with Gasteiger partial charge in [0.25, 0.3) is 0 Å². The first-order valence-corrected chi connectivity index (χ1v) is 9.02. The van der Waals surface area contributed by atoms with Crippen molar-refractivity contribution in [3.8, 4) is 0 Å². The molecule has 2 aliphatic heterocycles. The Kier molecular flexibility index (Phi) is 3.57. The first-order chi connectivity index (χ1) is 9.83. The standard InChI is InChI=1S/C16H25N3S/c1-2-13(3-1)15-18-10-14(20-15)11-19-9-6-16(12-19)4-7-17-8-5-16/h10,13,17H,1-9,11-12H2. The second kappa shape index (κ2) is 5.39. The monoisotopic (exact) mass is 291 g/mol. The zero-order chi connectivity index (χ0) is 13.4. The quantitative estimate of drug-likeness (QED) is 0.928. The Morgan fingerprint density at radius 3 is 2.90 bits per heavy atom. The minimum Gasteiger partial charge on any atom is -0.317 e. The molecule has 0 unspecified atom stereocenters. The number of hydrogen-bond donors (Lipinski definition) is 1. The Hall–Kier alpha value is -0.450. The van der Waals surface area contributed by atoms with E-state index in [1.54, 1.807) is 0 Å². The molecule has 1 N–H and O–H groups in total. The number of thiazole rings is 1. The van der Waals surface area contributed by atoms with Crippen LogP contribution in [0, 0.1) is 5.41 Å². The van der Waals surface area contributed by atoms with Crippen molar-refractivity contribution < 1.29 is 0 Å². The molecule has 4 rings (SSSR count). The van der Waals surface area contributed by atoms with Crippen LogP contribution in [0.4, 0.5) is 0 Å². The fourth-order valence-electron chi connectivity index (χ4n) is 3.99. The van der Waals surface area contributed by atoms with Gasteiger partial charge in [-0.15, -0.1) is 11.3 Å². The molecule has 3 fully saturated rings. The molecule has 4 heteroatoms. The van der Waals surface area contributed by atoms with Gasteiger partial charge in [0, 0.05) is 30.1 Å². The second-order valence-electron chi connectivity index (χ2n) is 7.00. The summed E-state index contributed by atoms with van der Waals surface area (Å²) in [5.41, 5.74) is 0.632. The number of likely N-dealkylation sites (tertiary alicyclic amines) is 1. The molecule has 0 atom stereocenters. The van der Waals surface area contributed by atoms with Crippen LogP contribution in [0.1, 0.15) is 54.3 Å². The van der Waals surface area contributed by atoms with Gasteiger partial charge in [-0.25, -0.2) is 4.98 Å². The smallest absolute Gasteiger partial charge is 0.0959 e. The van der Waals surface area contributed by atoms with Crippen LogP contribution >= 0.6 is 11.3 Å². The summed E-state index contributed by atoms with van der Waals surface area (Å²) < 4.78 is 0. The second-order valence-corrected chi connectivity index (χ2v) is 8.15. The normalized spacial score (nSPS) is 27.0. The van der Waals surface area contributed by atoms with Crippen LogP contribution in [0.25, 0.3) is 0 Å². The third kappa shape index (κ3) is 2.53. The van der Waals surface area contributed by atoms with Crippen molar-refractivity contribution in [1.82, 2.24) is 15.2 Å². The molecule has 0 aromatic carbocycles. The van der Waals surface area contributed by atoms with E-state index in [2.05, 4.69) is 21.4 Å². The van der Waals surface area contributed by atoms with Gasteiger partial charge in [-0.3, -0.25) is 4.90 Å². The van der Waals surface area contributed by atoms with E-state index in [-0.39, 0.29) is 0 Å². The van der Waals surface area contributed by atoms with Crippen molar-refractivity contribution in [3.63, 3.8) is 0 Å². The minimum atomic E-state index is 0.632. The minimum absolute atomic E-state index is 0.632. The molecule has 2 saturated heterocycles. The van der Waals surface area contributed by atoms with E-state index in [0.717, 1.165) is 12.5 Å². The molecule has 3 aliphatic rings. The maximum atomic E-state index is 4.67.